The van der Waals surface area contributed by atoms with Crippen LogP contribution in [0.25, 0.3) is 16.5 Å². The molecule has 1 aromatic heterocycles. The second-order valence-corrected chi connectivity index (χ2v) is 4.90. The molecule has 20 heavy (non-hydrogen) atoms. The molecule has 1 aromatic carbocycles. The minimum absolute atomic E-state index is 0.00507. The molecule has 2 amide bonds. The van der Waals surface area contributed by atoms with Crippen LogP contribution in [0.4, 0.5) is 0 Å². The molecule has 1 aliphatic rings. The zero-order chi connectivity index (χ0) is 14.3. The van der Waals surface area contributed by atoms with Crippen LogP contribution in [0.3, 0.4) is 0 Å². The first-order chi connectivity index (χ1) is 9.63. The topological polar surface area (TPSA) is 79.0 Å². The Balaban J connectivity index is 2.29. The summed E-state index contributed by atoms with van der Waals surface area (Å²) >= 11 is 3.03. The normalized spacial score (nSPS) is 15.1. The Labute approximate surface area is 122 Å². The molecule has 6 heteroatoms. The van der Waals surface area contributed by atoms with E-state index in [0.717, 1.165) is 10.9 Å². The maximum absolute atomic E-state index is 12.0. The van der Waals surface area contributed by atoms with Gasteiger partial charge < -0.3 is 4.98 Å². The van der Waals surface area contributed by atoms with Gasteiger partial charge in [-0.25, -0.2) is 0 Å². The number of ketones is 1. The van der Waals surface area contributed by atoms with E-state index in [1.807, 2.05) is 24.3 Å². The fourth-order valence-corrected chi connectivity index (χ4v) is 2.60. The number of amides is 2. The number of hydrogen-bond donors (Lipinski definition) is 2. The second kappa shape index (κ2) is 4.72. The third-order valence-electron chi connectivity index (χ3n) is 3.19. The highest BCUT2D eigenvalue weighted by Crippen LogP contribution is 2.30. The van der Waals surface area contributed by atoms with E-state index in [9.17, 15) is 14.4 Å². The molecule has 2 N–H and O–H groups in total. The van der Waals surface area contributed by atoms with Crippen molar-refractivity contribution < 1.29 is 14.4 Å². The summed E-state index contributed by atoms with van der Waals surface area (Å²) in [6.07, 6.45) is 1.64. The van der Waals surface area contributed by atoms with E-state index in [-0.39, 0.29) is 16.5 Å². The van der Waals surface area contributed by atoms with Gasteiger partial charge in [-0.1, -0.05) is 34.1 Å². The smallest absolute Gasteiger partial charge is 0.262 e. The van der Waals surface area contributed by atoms with Crippen molar-refractivity contribution in [1.29, 1.82) is 0 Å². The Bertz CT molecular complexity index is 789. The maximum atomic E-state index is 12.0. The zero-order valence-corrected chi connectivity index (χ0v) is 11.8. The average molecular weight is 333 g/mol. The van der Waals surface area contributed by atoms with Crippen LogP contribution in [0.2, 0.25) is 0 Å². The summed E-state index contributed by atoms with van der Waals surface area (Å²) in [4.78, 5) is 38.7. The number of fused-ring (bicyclic) bond motifs is 1. The van der Waals surface area contributed by atoms with Crippen molar-refractivity contribution in [3.63, 3.8) is 0 Å². The third-order valence-corrected chi connectivity index (χ3v) is 3.70. The Kier molecular flexibility index (Phi) is 3.02. The number of H-pyrrole nitrogens is 1. The summed E-state index contributed by atoms with van der Waals surface area (Å²) in [5.74, 6) is -1.59. The molecular weight excluding hydrogens is 324 g/mol. The highest BCUT2D eigenvalue weighted by atomic mass is 79.9. The standard InChI is InChI=1S/C14H9BrN2O3/c15-5-10(18)12-11(13(19)17-14(12)20)8-6-16-9-4-2-1-3-7(8)9/h1-4,6,16H,5H2,(H,17,19,20). The number of imide groups is 1. The van der Waals surface area contributed by atoms with Gasteiger partial charge in [-0.3, -0.25) is 19.7 Å². The highest BCUT2D eigenvalue weighted by Gasteiger charge is 2.35. The van der Waals surface area contributed by atoms with Crippen LogP contribution in [0.5, 0.6) is 0 Å². The molecule has 1 aliphatic heterocycles. The van der Waals surface area contributed by atoms with Gasteiger partial charge in [0.2, 0.25) is 0 Å². The predicted molar refractivity (Wildman–Crippen MR) is 77.2 cm³/mol. The van der Waals surface area contributed by atoms with Crippen molar-refractivity contribution >= 4 is 50.0 Å². The van der Waals surface area contributed by atoms with Gasteiger partial charge in [0.25, 0.3) is 11.8 Å². The van der Waals surface area contributed by atoms with Gasteiger partial charge in [0.05, 0.1) is 16.5 Å². The maximum Gasteiger partial charge on any atom is 0.262 e. The first kappa shape index (κ1) is 12.8. The van der Waals surface area contributed by atoms with Crippen LogP contribution in [0.1, 0.15) is 5.56 Å². The molecule has 0 spiro atoms. The van der Waals surface area contributed by atoms with Gasteiger partial charge in [-0.05, 0) is 6.07 Å². The molecule has 0 saturated heterocycles. The van der Waals surface area contributed by atoms with Crippen LogP contribution < -0.4 is 5.32 Å². The van der Waals surface area contributed by atoms with E-state index in [0.29, 0.717) is 5.56 Å². The van der Waals surface area contributed by atoms with Crippen LogP contribution in [-0.4, -0.2) is 27.9 Å². The third kappa shape index (κ3) is 1.80. The van der Waals surface area contributed by atoms with Crippen molar-refractivity contribution in [2.75, 3.05) is 5.33 Å². The fourth-order valence-electron chi connectivity index (χ4n) is 2.32. The molecule has 0 fully saturated rings. The van der Waals surface area contributed by atoms with Crippen LogP contribution >= 0.6 is 15.9 Å². The Morgan fingerprint density at radius 1 is 1.15 bits per heavy atom. The molecule has 2 heterocycles. The first-order valence-electron chi connectivity index (χ1n) is 5.89. The minimum atomic E-state index is -0.639. The van der Waals surface area contributed by atoms with E-state index < -0.39 is 17.6 Å². The lowest BCUT2D eigenvalue weighted by molar-refractivity contribution is -0.124. The van der Waals surface area contributed by atoms with Crippen molar-refractivity contribution in [3.8, 4) is 0 Å². The predicted octanol–water partition coefficient (Wildman–Crippen LogP) is 1.54. The molecule has 0 radical (unpaired) electrons. The summed E-state index contributed by atoms with van der Waals surface area (Å²) in [5, 5.41) is 2.97. The molecule has 100 valence electrons. The Morgan fingerprint density at radius 3 is 2.65 bits per heavy atom. The van der Waals surface area contributed by atoms with Crippen LogP contribution in [0, 0.1) is 0 Å². The molecule has 3 rings (SSSR count). The zero-order valence-electron chi connectivity index (χ0n) is 10.2. The summed E-state index contributed by atoms with van der Waals surface area (Å²) in [6.45, 7) is 0. The quantitative estimate of drug-likeness (QED) is 0.508. The second-order valence-electron chi connectivity index (χ2n) is 4.34. The number of aromatic nitrogens is 1. The number of nitrogens with one attached hydrogen (secondary N) is 2. The molecule has 0 saturated carbocycles. The summed E-state index contributed by atoms with van der Waals surface area (Å²) < 4.78 is 0. The van der Waals surface area contributed by atoms with Gasteiger partial charge in [0, 0.05) is 22.7 Å². The molecule has 0 aliphatic carbocycles. The van der Waals surface area contributed by atoms with E-state index in [1.54, 1.807) is 6.20 Å². The Morgan fingerprint density at radius 2 is 1.90 bits per heavy atom. The SMILES string of the molecule is O=C(CBr)C1=C(c2c[nH]c3ccccc23)C(=O)NC1=O. The van der Waals surface area contributed by atoms with Gasteiger partial charge in [-0.15, -0.1) is 0 Å². The van der Waals surface area contributed by atoms with Gasteiger partial charge in [-0.2, -0.15) is 0 Å². The number of Topliss-reactive ketones (excluding diaryl/α,β-unsaturated/α-hetero) is 1. The lowest BCUT2D eigenvalue weighted by atomic mass is 9.99. The number of alkyl halides is 1. The van der Waals surface area contributed by atoms with Crippen LogP contribution in [0.15, 0.2) is 36.0 Å². The van der Waals surface area contributed by atoms with E-state index in [4.69, 9.17) is 0 Å². The highest BCUT2D eigenvalue weighted by molar-refractivity contribution is 9.09. The number of aromatic amines is 1. The van der Waals surface area contributed by atoms with E-state index in [2.05, 4.69) is 26.2 Å². The number of rotatable bonds is 3. The van der Waals surface area contributed by atoms with Crippen molar-refractivity contribution in [2.24, 2.45) is 0 Å². The van der Waals surface area contributed by atoms with E-state index in [1.165, 1.54) is 0 Å². The molecular formula is C14H9BrN2O3. The number of benzene rings is 1. The van der Waals surface area contributed by atoms with Crippen molar-refractivity contribution in [1.82, 2.24) is 10.3 Å². The lowest BCUT2D eigenvalue weighted by Crippen LogP contribution is -2.24. The van der Waals surface area contributed by atoms with Gasteiger partial charge in [0.1, 0.15) is 0 Å². The molecule has 0 unspecified atom stereocenters. The molecule has 0 bridgehead atoms. The summed E-state index contributed by atoms with van der Waals surface area (Å²) in [7, 11) is 0. The average Bonchev–Trinajstić information content (AvgIpc) is 2.98. The molecule has 2 aromatic rings. The van der Waals surface area contributed by atoms with E-state index >= 15 is 0 Å². The number of carbonyl (C=O) groups excluding carboxylic acids is 3. The van der Waals surface area contributed by atoms with Gasteiger partial charge in [0.15, 0.2) is 5.78 Å². The Hall–Kier alpha value is -2.21. The summed E-state index contributed by atoms with van der Waals surface area (Å²) in [6, 6.07) is 7.39. The molecule has 0 atom stereocenters. The number of para-hydroxylation sites is 1. The van der Waals surface area contributed by atoms with Crippen LogP contribution in [-0.2, 0) is 14.4 Å². The monoisotopic (exact) mass is 332 g/mol. The van der Waals surface area contributed by atoms with Crippen molar-refractivity contribution in [2.45, 2.75) is 0 Å². The van der Waals surface area contributed by atoms with Crippen molar-refractivity contribution in [3.05, 3.63) is 41.6 Å². The lowest BCUT2D eigenvalue weighted by Gasteiger charge is -2.00. The number of hydrogen-bond acceptors (Lipinski definition) is 3. The number of carbonyl (C=O) groups is 3. The largest absolute Gasteiger partial charge is 0.361 e. The first-order valence-corrected chi connectivity index (χ1v) is 7.01. The fraction of sp³-hybridized carbons (Fsp3) is 0.0714. The number of halogens is 1. The molecule has 5 nitrogen and oxygen atoms in total. The minimum Gasteiger partial charge on any atom is -0.361 e. The summed E-state index contributed by atoms with van der Waals surface area (Å²) in [5.41, 5.74) is 1.45. The van der Waals surface area contributed by atoms with Gasteiger partial charge >= 0.3 is 0 Å².